The summed E-state index contributed by atoms with van der Waals surface area (Å²) in [7, 11) is 0. The van der Waals surface area contributed by atoms with Gasteiger partial charge < -0.3 is 5.11 Å². The number of phenols is 1. The van der Waals surface area contributed by atoms with Crippen molar-refractivity contribution in [3.05, 3.63) is 54.6 Å². The van der Waals surface area contributed by atoms with E-state index < -0.39 is 0 Å². The van der Waals surface area contributed by atoms with Gasteiger partial charge in [0.1, 0.15) is 5.75 Å². The molecule has 0 spiro atoms. The molecular weight excluding hydrogens is 200 g/mol. The van der Waals surface area contributed by atoms with Crippen LogP contribution in [-0.2, 0) is 0 Å². The SMILES string of the molecule is Oc1ccccc1-c1ccccc1.[Ca]. The molecule has 2 heteroatoms. The standard InChI is InChI=1S/C12H10O.Ca/c13-12-9-5-4-8-11(12)10-6-2-1-3-7-10;/h1-9,13H;. The van der Waals surface area contributed by atoms with E-state index in [2.05, 4.69) is 0 Å². The normalized spacial score (nSPS) is 9.14. The molecule has 0 saturated carbocycles. The molecule has 0 atom stereocenters. The van der Waals surface area contributed by atoms with Crippen LogP contribution < -0.4 is 0 Å². The third kappa shape index (κ3) is 2.50. The van der Waals surface area contributed by atoms with E-state index in [9.17, 15) is 5.11 Å². The first-order chi connectivity index (χ1) is 6.38. The molecule has 2 radical (unpaired) electrons. The molecule has 0 bridgehead atoms. The molecule has 0 saturated heterocycles. The molecule has 0 aliphatic heterocycles. The van der Waals surface area contributed by atoms with Crippen LogP contribution >= 0.6 is 0 Å². The summed E-state index contributed by atoms with van der Waals surface area (Å²) in [5.41, 5.74) is 1.92. The van der Waals surface area contributed by atoms with Crippen LogP contribution in [0.5, 0.6) is 5.75 Å². The summed E-state index contributed by atoms with van der Waals surface area (Å²) in [4.78, 5) is 0. The van der Waals surface area contributed by atoms with Gasteiger partial charge in [-0.05, 0) is 11.6 Å². The molecule has 66 valence electrons. The zero-order chi connectivity index (χ0) is 9.10. The van der Waals surface area contributed by atoms with Crippen LogP contribution in [0.2, 0.25) is 0 Å². The van der Waals surface area contributed by atoms with Crippen molar-refractivity contribution in [2.75, 3.05) is 0 Å². The van der Waals surface area contributed by atoms with Crippen LogP contribution in [0.15, 0.2) is 54.6 Å². The molecule has 0 aliphatic rings. The quantitative estimate of drug-likeness (QED) is 0.717. The Hall–Kier alpha value is -0.500. The minimum atomic E-state index is 0. The zero-order valence-corrected chi connectivity index (χ0v) is 10.1. The molecule has 0 fully saturated rings. The van der Waals surface area contributed by atoms with Gasteiger partial charge in [-0.1, -0.05) is 48.5 Å². The van der Waals surface area contributed by atoms with Crippen molar-refractivity contribution in [1.29, 1.82) is 0 Å². The summed E-state index contributed by atoms with van der Waals surface area (Å²) in [6.07, 6.45) is 0. The van der Waals surface area contributed by atoms with E-state index in [0.29, 0.717) is 5.75 Å². The number of hydrogen-bond donors (Lipinski definition) is 1. The first-order valence-electron chi connectivity index (χ1n) is 4.21. The maximum Gasteiger partial charge on any atom is 0.123 e. The minimum Gasteiger partial charge on any atom is -0.507 e. The fourth-order valence-electron chi connectivity index (χ4n) is 1.34. The molecule has 0 aliphatic carbocycles. The Balaban J connectivity index is 0.000000980. The maximum absolute atomic E-state index is 9.56. The van der Waals surface area contributed by atoms with Gasteiger partial charge >= 0.3 is 0 Å². The number of phenolic OH excluding ortho intramolecular Hbond substituents is 1. The van der Waals surface area contributed by atoms with Crippen molar-refractivity contribution >= 4 is 37.7 Å². The average Bonchev–Trinajstić information content (AvgIpc) is 2.20. The average molecular weight is 210 g/mol. The van der Waals surface area contributed by atoms with Gasteiger partial charge in [0.15, 0.2) is 0 Å². The van der Waals surface area contributed by atoms with Crippen molar-refractivity contribution in [3.8, 4) is 16.9 Å². The monoisotopic (exact) mass is 210 g/mol. The van der Waals surface area contributed by atoms with Crippen LogP contribution in [-0.4, -0.2) is 42.8 Å². The van der Waals surface area contributed by atoms with E-state index in [-0.39, 0.29) is 37.7 Å². The predicted molar refractivity (Wildman–Crippen MR) is 59.3 cm³/mol. The molecule has 0 amide bonds. The van der Waals surface area contributed by atoms with Crippen molar-refractivity contribution in [1.82, 2.24) is 0 Å². The van der Waals surface area contributed by atoms with Gasteiger partial charge in [0.25, 0.3) is 0 Å². The molecular formula is C12H10CaO. The first-order valence-corrected chi connectivity index (χ1v) is 4.21. The van der Waals surface area contributed by atoms with Gasteiger partial charge in [-0.2, -0.15) is 0 Å². The van der Waals surface area contributed by atoms with Crippen molar-refractivity contribution in [2.45, 2.75) is 0 Å². The molecule has 2 rings (SSSR count). The van der Waals surface area contributed by atoms with Crippen molar-refractivity contribution in [2.24, 2.45) is 0 Å². The van der Waals surface area contributed by atoms with E-state index in [0.717, 1.165) is 11.1 Å². The van der Waals surface area contributed by atoms with Gasteiger partial charge in [-0.15, -0.1) is 0 Å². The largest absolute Gasteiger partial charge is 0.507 e. The van der Waals surface area contributed by atoms with Gasteiger partial charge in [0, 0.05) is 43.3 Å². The molecule has 0 heterocycles. The van der Waals surface area contributed by atoms with E-state index in [1.807, 2.05) is 48.5 Å². The summed E-state index contributed by atoms with van der Waals surface area (Å²) in [6, 6.07) is 17.2. The predicted octanol–water partition coefficient (Wildman–Crippen LogP) is 2.68. The van der Waals surface area contributed by atoms with E-state index >= 15 is 0 Å². The molecule has 1 nitrogen and oxygen atoms in total. The molecule has 2 aromatic carbocycles. The molecule has 14 heavy (non-hydrogen) atoms. The molecule has 0 unspecified atom stereocenters. The molecule has 0 aromatic heterocycles. The van der Waals surface area contributed by atoms with E-state index in [1.54, 1.807) is 6.07 Å². The van der Waals surface area contributed by atoms with Crippen LogP contribution in [0.25, 0.3) is 11.1 Å². The molecule has 1 N–H and O–H groups in total. The second-order valence-electron chi connectivity index (χ2n) is 2.88. The van der Waals surface area contributed by atoms with Crippen LogP contribution in [0.3, 0.4) is 0 Å². The second kappa shape index (κ2) is 5.40. The maximum atomic E-state index is 9.56. The Bertz CT molecular complexity index is 398. The van der Waals surface area contributed by atoms with Crippen molar-refractivity contribution in [3.63, 3.8) is 0 Å². The molecule has 2 aromatic rings. The number of benzene rings is 2. The summed E-state index contributed by atoms with van der Waals surface area (Å²) in [5, 5.41) is 9.56. The van der Waals surface area contributed by atoms with Gasteiger partial charge in [-0.25, -0.2) is 0 Å². The Kier molecular flexibility index (Phi) is 4.46. The smallest absolute Gasteiger partial charge is 0.123 e. The number of para-hydroxylation sites is 1. The summed E-state index contributed by atoms with van der Waals surface area (Å²) >= 11 is 0. The first kappa shape index (κ1) is 11.6. The van der Waals surface area contributed by atoms with Gasteiger partial charge in [0.2, 0.25) is 0 Å². The summed E-state index contributed by atoms with van der Waals surface area (Å²) in [5.74, 6) is 0.328. The third-order valence-electron chi connectivity index (χ3n) is 1.99. The summed E-state index contributed by atoms with van der Waals surface area (Å²) in [6.45, 7) is 0. The zero-order valence-electron chi connectivity index (χ0n) is 7.85. The topological polar surface area (TPSA) is 20.2 Å². The van der Waals surface area contributed by atoms with E-state index in [1.165, 1.54) is 0 Å². The second-order valence-corrected chi connectivity index (χ2v) is 2.88. The van der Waals surface area contributed by atoms with Gasteiger partial charge in [-0.3, -0.25) is 0 Å². The summed E-state index contributed by atoms with van der Waals surface area (Å²) < 4.78 is 0. The van der Waals surface area contributed by atoms with Crippen LogP contribution in [0, 0.1) is 0 Å². The number of rotatable bonds is 1. The Labute approximate surface area is 113 Å². The Morgan fingerprint density at radius 2 is 1.29 bits per heavy atom. The van der Waals surface area contributed by atoms with Crippen LogP contribution in [0.1, 0.15) is 0 Å². The Morgan fingerprint density at radius 1 is 0.714 bits per heavy atom. The van der Waals surface area contributed by atoms with Gasteiger partial charge in [0.05, 0.1) is 0 Å². The fraction of sp³-hybridized carbons (Fsp3) is 0. The Morgan fingerprint density at radius 3 is 1.93 bits per heavy atom. The van der Waals surface area contributed by atoms with Crippen molar-refractivity contribution < 1.29 is 5.11 Å². The number of hydrogen-bond acceptors (Lipinski definition) is 1. The van der Waals surface area contributed by atoms with Crippen LogP contribution in [0.4, 0.5) is 0 Å². The number of aromatic hydroxyl groups is 1. The minimum absolute atomic E-state index is 0. The third-order valence-corrected chi connectivity index (χ3v) is 1.99. The van der Waals surface area contributed by atoms with E-state index in [4.69, 9.17) is 0 Å². The fourth-order valence-corrected chi connectivity index (χ4v) is 1.34.